The van der Waals surface area contributed by atoms with Crippen LogP contribution in [0.2, 0.25) is 0 Å². The van der Waals surface area contributed by atoms with Crippen LogP contribution in [0.15, 0.2) is 42.6 Å². The Morgan fingerprint density at radius 1 is 1.19 bits per heavy atom. The molecular formula is C12H9IN2O. The van der Waals surface area contributed by atoms with E-state index in [1.165, 1.54) is 0 Å². The average molecular weight is 324 g/mol. The van der Waals surface area contributed by atoms with E-state index in [9.17, 15) is 4.79 Å². The number of pyridine rings is 1. The Balaban J connectivity index is 2.59. The van der Waals surface area contributed by atoms with Crippen molar-refractivity contribution in [1.82, 2.24) is 4.98 Å². The van der Waals surface area contributed by atoms with E-state index in [0.717, 1.165) is 14.8 Å². The van der Waals surface area contributed by atoms with Gasteiger partial charge in [-0.2, -0.15) is 0 Å². The molecule has 0 saturated heterocycles. The second-order valence-corrected chi connectivity index (χ2v) is 4.33. The number of aromatic nitrogens is 1. The molecule has 0 unspecified atom stereocenters. The number of amides is 1. The first-order valence-electron chi connectivity index (χ1n) is 4.70. The molecule has 2 N–H and O–H groups in total. The monoisotopic (exact) mass is 324 g/mol. The standard InChI is InChI=1S/C12H9IN2O/c13-10-9(12(14)16)6-7-15-11(10)8-4-2-1-3-5-8/h1-7H,(H2,14,16). The molecule has 1 heterocycles. The summed E-state index contributed by atoms with van der Waals surface area (Å²) < 4.78 is 0.791. The van der Waals surface area contributed by atoms with Crippen molar-refractivity contribution in [1.29, 1.82) is 0 Å². The Kier molecular flexibility index (Phi) is 3.19. The zero-order chi connectivity index (χ0) is 11.5. The third kappa shape index (κ3) is 2.06. The largest absolute Gasteiger partial charge is 0.366 e. The number of rotatable bonds is 2. The molecule has 0 spiro atoms. The summed E-state index contributed by atoms with van der Waals surface area (Å²) in [5.41, 5.74) is 7.57. The van der Waals surface area contributed by atoms with Crippen LogP contribution in [-0.2, 0) is 0 Å². The highest BCUT2D eigenvalue weighted by Gasteiger charge is 2.11. The molecular weight excluding hydrogens is 315 g/mol. The van der Waals surface area contributed by atoms with Gasteiger partial charge in [-0.15, -0.1) is 0 Å². The summed E-state index contributed by atoms with van der Waals surface area (Å²) in [7, 11) is 0. The van der Waals surface area contributed by atoms with Gasteiger partial charge in [0.15, 0.2) is 0 Å². The van der Waals surface area contributed by atoms with Crippen molar-refractivity contribution in [3.8, 4) is 11.3 Å². The van der Waals surface area contributed by atoms with Gasteiger partial charge in [0.05, 0.1) is 14.8 Å². The quantitative estimate of drug-likeness (QED) is 0.863. The van der Waals surface area contributed by atoms with Gasteiger partial charge in [-0.25, -0.2) is 0 Å². The lowest BCUT2D eigenvalue weighted by atomic mass is 10.1. The van der Waals surface area contributed by atoms with Crippen LogP contribution in [0.5, 0.6) is 0 Å². The zero-order valence-corrected chi connectivity index (χ0v) is 10.5. The van der Waals surface area contributed by atoms with E-state index >= 15 is 0 Å². The van der Waals surface area contributed by atoms with Crippen molar-refractivity contribution < 1.29 is 4.79 Å². The van der Waals surface area contributed by atoms with Crippen LogP contribution in [0, 0.1) is 3.57 Å². The Bertz CT molecular complexity index is 526. The summed E-state index contributed by atoms with van der Waals surface area (Å²) in [6.07, 6.45) is 1.60. The lowest BCUT2D eigenvalue weighted by Gasteiger charge is -2.06. The fourth-order valence-electron chi connectivity index (χ4n) is 1.43. The minimum atomic E-state index is -0.427. The van der Waals surface area contributed by atoms with Crippen LogP contribution in [0.3, 0.4) is 0 Å². The molecule has 0 bridgehead atoms. The van der Waals surface area contributed by atoms with Crippen molar-refractivity contribution >= 4 is 28.5 Å². The topological polar surface area (TPSA) is 56.0 Å². The fraction of sp³-hybridized carbons (Fsp3) is 0. The molecule has 0 aliphatic heterocycles. The van der Waals surface area contributed by atoms with E-state index in [-0.39, 0.29) is 0 Å². The van der Waals surface area contributed by atoms with Gasteiger partial charge in [-0.05, 0) is 28.7 Å². The zero-order valence-electron chi connectivity index (χ0n) is 8.35. The summed E-state index contributed by atoms with van der Waals surface area (Å²) in [5, 5.41) is 0. The van der Waals surface area contributed by atoms with Crippen LogP contribution < -0.4 is 5.73 Å². The molecule has 1 aromatic heterocycles. The maximum Gasteiger partial charge on any atom is 0.249 e. The number of carbonyl (C=O) groups excluding carboxylic acids is 1. The van der Waals surface area contributed by atoms with Crippen molar-refractivity contribution in [2.75, 3.05) is 0 Å². The highest BCUT2D eigenvalue weighted by molar-refractivity contribution is 14.1. The van der Waals surface area contributed by atoms with E-state index in [0.29, 0.717) is 5.56 Å². The van der Waals surface area contributed by atoms with Crippen molar-refractivity contribution in [2.24, 2.45) is 5.73 Å². The molecule has 0 saturated carbocycles. The highest BCUT2D eigenvalue weighted by Crippen LogP contribution is 2.24. The summed E-state index contributed by atoms with van der Waals surface area (Å²) in [5.74, 6) is -0.427. The van der Waals surface area contributed by atoms with Crippen LogP contribution >= 0.6 is 22.6 Å². The molecule has 0 aliphatic carbocycles. The second kappa shape index (κ2) is 4.61. The van der Waals surface area contributed by atoms with Crippen LogP contribution in [0.4, 0.5) is 0 Å². The van der Waals surface area contributed by atoms with Gasteiger partial charge in [0.1, 0.15) is 0 Å². The number of halogens is 1. The molecule has 1 amide bonds. The van der Waals surface area contributed by atoms with E-state index in [1.54, 1.807) is 12.3 Å². The molecule has 0 aliphatic rings. The Labute approximate surface area is 107 Å². The Morgan fingerprint density at radius 2 is 1.88 bits per heavy atom. The molecule has 0 fully saturated rings. The highest BCUT2D eigenvalue weighted by atomic mass is 127. The molecule has 3 nitrogen and oxygen atoms in total. The SMILES string of the molecule is NC(=O)c1ccnc(-c2ccccc2)c1I. The lowest BCUT2D eigenvalue weighted by Crippen LogP contribution is -2.13. The summed E-state index contributed by atoms with van der Waals surface area (Å²) in [6, 6.07) is 11.4. The number of benzene rings is 1. The van der Waals surface area contributed by atoms with Gasteiger partial charge >= 0.3 is 0 Å². The predicted octanol–water partition coefficient (Wildman–Crippen LogP) is 2.45. The van der Waals surface area contributed by atoms with E-state index < -0.39 is 5.91 Å². The van der Waals surface area contributed by atoms with Crippen molar-refractivity contribution in [3.05, 3.63) is 51.7 Å². The first-order valence-corrected chi connectivity index (χ1v) is 5.78. The molecule has 16 heavy (non-hydrogen) atoms. The maximum atomic E-state index is 11.2. The van der Waals surface area contributed by atoms with Gasteiger partial charge in [-0.1, -0.05) is 30.3 Å². The number of hydrogen-bond acceptors (Lipinski definition) is 2. The van der Waals surface area contributed by atoms with E-state index in [4.69, 9.17) is 5.73 Å². The van der Waals surface area contributed by atoms with Gasteiger partial charge in [-0.3, -0.25) is 9.78 Å². The number of carbonyl (C=O) groups is 1. The predicted molar refractivity (Wildman–Crippen MR) is 70.9 cm³/mol. The molecule has 0 radical (unpaired) electrons. The summed E-state index contributed by atoms with van der Waals surface area (Å²) in [6.45, 7) is 0. The number of primary amides is 1. The summed E-state index contributed by atoms with van der Waals surface area (Å²) >= 11 is 2.10. The van der Waals surface area contributed by atoms with Gasteiger partial charge in [0.2, 0.25) is 5.91 Å². The molecule has 4 heteroatoms. The van der Waals surface area contributed by atoms with Crippen molar-refractivity contribution in [2.45, 2.75) is 0 Å². The molecule has 1 aromatic carbocycles. The van der Waals surface area contributed by atoms with Gasteiger partial charge < -0.3 is 5.73 Å². The van der Waals surface area contributed by atoms with Gasteiger partial charge in [0, 0.05) is 11.8 Å². The third-order valence-corrected chi connectivity index (χ3v) is 3.29. The average Bonchev–Trinajstić information content (AvgIpc) is 2.30. The van der Waals surface area contributed by atoms with Gasteiger partial charge in [0.25, 0.3) is 0 Å². The number of nitrogens with zero attached hydrogens (tertiary/aromatic N) is 1. The van der Waals surface area contributed by atoms with E-state index in [1.807, 2.05) is 30.3 Å². The minimum absolute atomic E-state index is 0.427. The maximum absolute atomic E-state index is 11.2. The second-order valence-electron chi connectivity index (χ2n) is 3.25. The smallest absolute Gasteiger partial charge is 0.249 e. The number of nitrogens with two attached hydrogens (primary N) is 1. The molecule has 2 rings (SSSR count). The van der Waals surface area contributed by atoms with Crippen LogP contribution in [0.25, 0.3) is 11.3 Å². The third-order valence-electron chi connectivity index (χ3n) is 2.20. The first-order chi connectivity index (χ1) is 7.70. The lowest BCUT2D eigenvalue weighted by molar-refractivity contribution is 0.0999. The van der Waals surface area contributed by atoms with Crippen molar-refractivity contribution in [3.63, 3.8) is 0 Å². The Hall–Kier alpha value is -1.43. The fourth-order valence-corrected chi connectivity index (χ4v) is 2.33. The summed E-state index contributed by atoms with van der Waals surface area (Å²) in [4.78, 5) is 15.5. The molecule has 2 aromatic rings. The first kappa shape index (κ1) is 11.1. The normalized spacial score (nSPS) is 10.1. The number of hydrogen-bond donors (Lipinski definition) is 1. The molecule has 80 valence electrons. The van der Waals surface area contributed by atoms with Crippen LogP contribution in [0.1, 0.15) is 10.4 Å². The van der Waals surface area contributed by atoms with E-state index in [2.05, 4.69) is 27.6 Å². The minimum Gasteiger partial charge on any atom is -0.366 e. The Morgan fingerprint density at radius 3 is 2.50 bits per heavy atom. The van der Waals surface area contributed by atoms with Crippen LogP contribution in [-0.4, -0.2) is 10.9 Å². The molecule has 0 atom stereocenters.